The molecule has 0 aromatic carbocycles. The maximum absolute atomic E-state index is 11.6. The van der Waals surface area contributed by atoms with E-state index < -0.39 is 0 Å². The summed E-state index contributed by atoms with van der Waals surface area (Å²) < 4.78 is 5.82. The van der Waals surface area contributed by atoms with Crippen LogP contribution in [0.5, 0.6) is 0 Å². The lowest BCUT2D eigenvalue weighted by molar-refractivity contribution is -0.127. The number of nitrogens with zero attached hydrogens (tertiary/aromatic N) is 3. The van der Waals surface area contributed by atoms with Crippen molar-refractivity contribution in [1.29, 1.82) is 0 Å². The number of halogens is 1. The number of ether oxygens (including phenoxy) is 1. The second-order valence-electron chi connectivity index (χ2n) is 6.51. The van der Waals surface area contributed by atoms with Crippen molar-refractivity contribution in [3.05, 3.63) is 0 Å². The monoisotopic (exact) mass is 455 g/mol. The molecule has 8 heteroatoms. The van der Waals surface area contributed by atoms with E-state index in [4.69, 9.17) is 4.74 Å². The lowest BCUT2D eigenvalue weighted by Crippen LogP contribution is -2.50. The number of rotatable bonds is 7. The SMILES string of the molecule is CCNC(=NCC(=O)N(C)C)NCC1CN(CC(C)C)CCO1.I. The van der Waals surface area contributed by atoms with Crippen LogP contribution in [0.4, 0.5) is 0 Å². The van der Waals surface area contributed by atoms with Gasteiger partial charge >= 0.3 is 0 Å². The Labute approximate surface area is 163 Å². The minimum Gasteiger partial charge on any atom is -0.374 e. The average molecular weight is 455 g/mol. The van der Waals surface area contributed by atoms with Gasteiger partial charge in [-0.1, -0.05) is 13.8 Å². The molecule has 1 amide bonds. The van der Waals surface area contributed by atoms with Gasteiger partial charge in [0.25, 0.3) is 0 Å². The maximum atomic E-state index is 11.6. The number of hydrogen-bond acceptors (Lipinski definition) is 4. The minimum absolute atomic E-state index is 0. The molecule has 0 aromatic heterocycles. The minimum atomic E-state index is -0.0146. The van der Waals surface area contributed by atoms with Gasteiger partial charge in [0, 0.05) is 46.8 Å². The van der Waals surface area contributed by atoms with Gasteiger partial charge in [0.05, 0.1) is 12.7 Å². The van der Waals surface area contributed by atoms with E-state index in [9.17, 15) is 4.79 Å². The number of amides is 1. The lowest BCUT2D eigenvalue weighted by Gasteiger charge is -2.34. The first-order valence-electron chi connectivity index (χ1n) is 8.48. The van der Waals surface area contributed by atoms with E-state index >= 15 is 0 Å². The first kappa shape index (κ1) is 23.4. The first-order chi connectivity index (χ1) is 10.9. The van der Waals surface area contributed by atoms with E-state index in [2.05, 4.69) is 34.4 Å². The molecule has 1 fully saturated rings. The molecule has 2 N–H and O–H groups in total. The molecule has 1 atom stereocenters. The van der Waals surface area contributed by atoms with Gasteiger partial charge in [-0.05, 0) is 12.8 Å². The molecule has 142 valence electrons. The van der Waals surface area contributed by atoms with Crippen molar-refractivity contribution in [3.8, 4) is 0 Å². The van der Waals surface area contributed by atoms with Crippen molar-refractivity contribution in [2.45, 2.75) is 26.9 Å². The molecule has 7 nitrogen and oxygen atoms in total. The Hall–Kier alpha value is -0.610. The summed E-state index contributed by atoms with van der Waals surface area (Å²) in [5, 5.41) is 6.43. The summed E-state index contributed by atoms with van der Waals surface area (Å²) in [5.74, 6) is 1.31. The highest BCUT2D eigenvalue weighted by atomic mass is 127. The zero-order valence-electron chi connectivity index (χ0n) is 15.7. The highest BCUT2D eigenvalue weighted by Gasteiger charge is 2.21. The van der Waals surface area contributed by atoms with Crippen LogP contribution in [0.25, 0.3) is 0 Å². The number of guanidine groups is 1. The molecular formula is C16H34IN5O2. The van der Waals surface area contributed by atoms with Crippen LogP contribution in [-0.4, -0.2) is 87.7 Å². The van der Waals surface area contributed by atoms with Crippen LogP contribution in [0.15, 0.2) is 4.99 Å². The Morgan fingerprint density at radius 3 is 2.67 bits per heavy atom. The number of hydrogen-bond donors (Lipinski definition) is 2. The Morgan fingerprint density at radius 2 is 2.08 bits per heavy atom. The highest BCUT2D eigenvalue weighted by molar-refractivity contribution is 14.0. The molecule has 1 heterocycles. The van der Waals surface area contributed by atoms with E-state index in [1.165, 1.54) is 0 Å². The van der Waals surface area contributed by atoms with Crippen molar-refractivity contribution in [2.75, 3.05) is 60.0 Å². The van der Waals surface area contributed by atoms with Crippen molar-refractivity contribution < 1.29 is 9.53 Å². The Kier molecular flexibility index (Phi) is 12.4. The van der Waals surface area contributed by atoms with Crippen LogP contribution in [0.2, 0.25) is 0 Å². The van der Waals surface area contributed by atoms with Gasteiger partial charge in [0.1, 0.15) is 6.54 Å². The molecule has 1 aliphatic rings. The molecule has 0 bridgehead atoms. The molecule has 0 aromatic rings. The van der Waals surface area contributed by atoms with Gasteiger partial charge in [0.15, 0.2) is 5.96 Å². The number of aliphatic imine (C=N–C) groups is 1. The van der Waals surface area contributed by atoms with Gasteiger partial charge < -0.3 is 20.3 Å². The quantitative estimate of drug-likeness (QED) is 0.335. The van der Waals surface area contributed by atoms with Gasteiger partial charge in [-0.15, -0.1) is 24.0 Å². The first-order valence-corrected chi connectivity index (χ1v) is 8.48. The summed E-state index contributed by atoms with van der Waals surface area (Å²) in [6.07, 6.45) is 0.149. The maximum Gasteiger partial charge on any atom is 0.243 e. The Morgan fingerprint density at radius 1 is 1.38 bits per heavy atom. The molecule has 1 aliphatic heterocycles. The second-order valence-corrected chi connectivity index (χ2v) is 6.51. The number of carbonyl (C=O) groups is 1. The lowest BCUT2D eigenvalue weighted by atomic mass is 10.2. The number of nitrogens with one attached hydrogen (secondary N) is 2. The molecule has 1 saturated heterocycles. The molecule has 0 radical (unpaired) electrons. The standard InChI is InChI=1S/C16H33N5O2.HI/c1-6-17-16(19-10-15(22)20(4)5)18-9-14-12-21(7-8-23-14)11-13(2)3;/h13-14H,6-12H2,1-5H3,(H2,17,18,19);1H. The van der Waals surface area contributed by atoms with E-state index in [0.29, 0.717) is 18.4 Å². The normalized spacial score (nSPS) is 18.9. The summed E-state index contributed by atoms with van der Waals surface area (Å²) in [6.45, 7) is 11.9. The number of likely N-dealkylation sites (N-methyl/N-ethyl adjacent to an activating group) is 1. The third-order valence-electron chi connectivity index (χ3n) is 3.56. The molecular weight excluding hydrogens is 421 g/mol. The summed E-state index contributed by atoms with van der Waals surface area (Å²) >= 11 is 0. The second kappa shape index (κ2) is 12.7. The average Bonchev–Trinajstić information content (AvgIpc) is 2.49. The molecule has 1 rings (SSSR count). The van der Waals surface area contributed by atoms with Crippen molar-refractivity contribution in [3.63, 3.8) is 0 Å². The van der Waals surface area contributed by atoms with Crippen LogP contribution in [0, 0.1) is 5.92 Å². The van der Waals surface area contributed by atoms with Gasteiger partial charge in [0.2, 0.25) is 5.91 Å². The molecule has 24 heavy (non-hydrogen) atoms. The van der Waals surface area contributed by atoms with Crippen LogP contribution in [-0.2, 0) is 9.53 Å². The predicted molar refractivity (Wildman–Crippen MR) is 109 cm³/mol. The number of morpholine rings is 1. The van der Waals surface area contributed by atoms with E-state index in [0.717, 1.165) is 32.8 Å². The number of carbonyl (C=O) groups excluding carboxylic acids is 1. The third-order valence-corrected chi connectivity index (χ3v) is 3.56. The van der Waals surface area contributed by atoms with E-state index in [1.807, 2.05) is 6.92 Å². The predicted octanol–water partition coefficient (Wildman–Crippen LogP) is 0.605. The van der Waals surface area contributed by atoms with Crippen LogP contribution in [0.3, 0.4) is 0 Å². The van der Waals surface area contributed by atoms with Gasteiger partial charge in [-0.2, -0.15) is 0 Å². The van der Waals surface area contributed by atoms with Gasteiger partial charge in [-0.25, -0.2) is 4.99 Å². The van der Waals surface area contributed by atoms with Crippen molar-refractivity contribution in [1.82, 2.24) is 20.4 Å². The van der Waals surface area contributed by atoms with Gasteiger partial charge in [-0.3, -0.25) is 9.69 Å². The van der Waals surface area contributed by atoms with E-state index in [1.54, 1.807) is 19.0 Å². The van der Waals surface area contributed by atoms with E-state index in [-0.39, 0.29) is 42.5 Å². The van der Waals surface area contributed by atoms with Crippen LogP contribution in [0.1, 0.15) is 20.8 Å². The molecule has 0 spiro atoms. The fourth-order valence-corrected chi connectivity index (χ4v) is 2.43. The Balaban J connectivity index is 0.00000529. The molecule has 1 unspecified atom stereocenters. The van der Waals surface area contributed by atoms with Crippen LogP contribution >= 0.6 is 24.0 Å². The highest BCUT2D eigenvalue weighted by Crippen LogP contribution is 2.07. The summed E-state index contributed by atoms with van der Waals surface area (Å²) in [6, 6.07) is 0. The Bertz CT molecular complexity index is 391. The zero-order valence-corrected chi connectivity index (χ0v) is 18.0. The van der Waals surface area contributed by atoms with Crippen molar-refractivity contribution in [2.24, 2.45) is 10.9 Å². The molecule has 0 aliphatic carbocycles. The fraction of sp³-hybridized carbons (Fsp3) is 0.875. The zero-order chi connectivity index (χ0) is 17.2. The largest absolute Gasteiger partial charge is 0.374 e. The summed E-state index contributed by atoms with van der Waals surface area (Å²) in [4.78, 5) is 19.9. The molecule has 0 saturated carbocycles. The smallest absolute Gasteiger partial charge is 0.243 e. The third kappa shape index (κ3) is 9.63. The van der Waals surface area contributed by atoms with Crippen molar-refractivity contribution >= 4 is 35.8 Å². The van der Waals surface area contributed by atoms with Crippen LogP contribution < -0.4 is 10.6 Å². The summed E-state index contributed by atoms with van der Waals surface area (Å²) in [7, 11) is 3.47. The summed E-state index contributed by atoms with van der Waals surface area (Å²) in [5.41, 5.74) is 0. The fourth-order valence-electron chi connectivity index (χ4n) is 2.43. The topological polar surface area (TPSA) is 69.2 Å².